The van der Waals surface area contributed by atoms with Crippen molar-refractivity contribution in [3.63, 3.8) is 0 Å². The van der Waals surface area contributed by atoms with Gasteiger partial charge in [-0.1, -0.05) is 51.1 Å². The number of rotatable bonds is 3. The van der Waals surface area contributed by atoms with Crippen LogP contribution >= 0.6 is 32.9 Å². The summed E-state index contributed by atoms with van der Waals surface area (Å²) in [6.45, 7) is 7.36. The molecule has 0 saturated carbocycles. The molecule has 1 heterocycles. The average molecular weight is 476 g/mol. The van der Waals surface area contributed by atoms with Crippen molar-refractivity contribution < 1.29 is 19.1 Å². The zero-order valence-corrected chi connectivity index (χ0v) is 20.5. The molecule has 2 aromatic carbocycles. The number of ether oxygens (including phenoxy) is 2. The molecule has 8 heteroatoms. The summed E-state index contributed by atoms with van der Waals surface area (Å²) in [4.78, 5) is 23.8. The molecular formula is C23H25NO4S3. The third-order valence-electron chi connectivity index (χ3n) is 3.78. The second kappa shape index (κ2) is 11.2. The summed E-state index contributed by atoms with van der Waals surface area (Å²) in [6.07, 6.45) is -0.387. The van der Waals surface area contributed by atoms with Crippen molar-refractivity contribution in [2.45, 2.75) is 33.3 Å². The summed E-state index contributed by atoms with van der Waals surface area (Å²) in [6, 6.07) is 16.9. The van der Waals surface area contributed by atoms with Crippen LogP contribution in [0.4, 0.5) is 4.79 Å². The number of hydrogen-bond acceptors (Lipinski definition) is 7. The molecule has 0 radical (unpaired) electrons. The highest BCUT2D eigenvalue weighted by atomic mass is 32.9. The van der Waals surface area contributed by atoms with Gasteiger partial charge in [0.1, 0.15) is 15.2 Å². The molecule has 0 fully saturated rings. The molecular weight excluding hydrogens is 450 g/mol. The van der Waals surface area contributed by atoms with Gasteiger partial charge in [0.2, 0.25) is 0 Å². The van der Waals surface area contributed by atoms with Crippen molar-refractivity contribution in [3.05, 3.63) is 69.5 Å². The van der Waals surface area contributed by atoms with Gasteiger partial charge in [-0.25, -0.2) is 9.59 Å². The van der Waals surface area contributed by atoms with E-state index >= 15 is 0 Å². The normalized spacial score (nSPS) is 10.5. The Labute approximate surface area is 195 Å². The zero-order valence-electron chi connectivity index (χ0n) is 18.1. The highest BCUT2D eigenvalue weighted by Gasteiger charge is 2.14. The Morgan fingerprint density at radius 2 is 1.65 bits per heavy atom. The molecule has 5 nitrogen and oxygen atoms in total. The second-order valence-electron chi connectivity index (χ2n) is 7.48. The first kappa shape index (κ1) is 24.7. The summed E-state index contributed by atoms with van der Waals surface area (Å²) in [5, 5.41) is 2.36. The van der Waals surface area contributed by atoms with Crippen molar-refractivity contribution in [3.8, 4) is 16.2 Å². The number of esters is 1. The van der Waals surface area contributed by atoms with E-state index < -0.39 is 0 Å². The van der Waals surface area contributed by atoms with E-state index in [0.29, 0.717) is 11.3 Å². The third kappa shape index (κ3) is 8.24. The monoisotopic (exact) mass is 475 g/mol. The van der Waals surface area contributed by atoms with Gasteiger partial charge in [-0.2, -0.15) is 0 Å². The van der Waals surface area contributed by atoms with Crippen LogP contribution in [0.2, 0.25) is 0 Å². The smallest absolute Gasteiger partial charge is 0.407 e. The number of hydrogen-bond donors (Lipinski definition) is 1. The molecule has 1 aromatic heterocycles. The van der Waals surface area contributed by atoms with Gasteiger partial charge in [0, 0.05) is 11.9 Å². The van der Waals surface area contributed by atoms with E-state index in [1.54, 1.807) is 38.9 Å². The summed E-state index contributed by atoms with van der Waals surface area (Å²) in [7, 11) is 4.77. The molecule has 0 bridgehead atoms. The van der Waals surface area contributed by atoms with E-state index in [1.807, 2.05) is 64.1 Å². The molecule has 0 aliphatic rings. The molecule has 1 amide bonds. The number of aryl methyl sites for hydroxylation is 1. The maximum absolute atomic E-state index is 12.2. The van der Waals surface area contributed by atoms with Crippen LogP contribution in [0.1, 0.15) is 36.7 Å². The number of alkyl carbamates (subject to hydrolysis) is 1. The molecule has 31 heavy (non-hydrogen) atoms. The Balaban J connectivity index is 0.000000323. The van der Waals surface area contributed by atoms with E-state index in [-0.39, 0.29) is 17.7 Å². The van der Waals surface area contributed by atoms with Gasteiger partial charge in [0.25, 0.3) is 0 Å². The number of nitrogens with one attached hydrogen (secondary N) is 1. The third-order valence-corrected chi connectivity index (χ3v) is 6.69. The predicted molar refractivity (Wildman–Crippen MR) is 130 cm³/mol. The Morgan fingerprint density at radius 1 is 1.00 bits per heavy atom. The summed E-state index contributed by atoms with van der Waals surface area (Å²) in [5.74, 6) is 0.202. The van der Waals surface area contributed by atoms with Crippen LogP contribution in [0.5, 0.6) is 5.75 Å². The van der Waals surface area contributed by atoms with Crippen LogP contribution in [-0.4, -0.2) is 24.7 Å². The van der Waals surface area contributed by atoms with Gasteiger partial charge >= 0.3 is 12.1 Å². The molecule has 0 unspecified atom stereocenters. The Kier molecular flexibility index (Phi) is 8.91. The Hall–Kier alpha value is -2.55. The molecule has 1 N–H and O–H groups in total. The highest BCUT2D eigenvalue weighted by Crippen LogP contribution is 2.30. The fourth-order valence-electron chi connectivity index (χ4n) is 2.35. The molecule has 0 aliphatic heterocycles. The van der Waals surface area contributed by atoms with Crippen molar-refractivity contribution in [1.29, 1.82) is 0 Å². The summed E-state index contributed by atoms with van der Waals surface area (Å²) in [5.41, 5.74) is 2.18. The number of carbonyl (C=O) groups is 2. The lowest BCUT2D eigenvalue weighted by Crippen LogP contribution is -2.30. The molecule has 0 aliphatic carbocycles. The lowest BCUT2D eigenvalue weighted by atomic mass is 10.1. The Bertz CT molecular complexity index is 1080. The lowest BCUT2D eigenvalue weighted by Gasteiger charge is -2.18. The van der Waals surface area contributed by atoms with Crippen molar-refractivity contribution in [1.82, 2.24) is 5.32 Å². The van der Waals surface area contributed by atoms with Crippen LogP contribution in [-0.2, 0) is 4.74 Å². The SMILES string of the molecule is CNC(=O)OC(C)(C)C.Cc1ccccc1C(=O)Oc1ccc(-c2cc(=S)ss2)cc1. The number of carbonyl (C=O) groups excluding carboxylic acids is 2. The standard InChI is InChI=1S/C17H12O2S3.C6H13NO2/c1-11-4-2-3-5-14(11)17(18)19-13-8-6-12(7-9-13)15-10-16(20)22-21-15;1-6(2,3)9-5(8)7-4/h2-10H,1H3;1-4H3,(H,7,8). The van der Waals surface area contributed by atoms with E-state index in [0.717, 1.165) is 19.8 Å². The van der Waals surface area contributed by atoms with Gasteiger partial charge in [0.15, 0.2) is 0 Å². The van der Waals surface area contributed by atoms with Crippen molar-refractivity contribution >= 4 is 45.0 Å². The van der Waals surface area contributed by atoms with Crippen molar-refractivity contribution in [2.75, 3.05) is 7.05 Å². The van der Waals surface area contributed by atoms with Crippen LogP contribution in [0.25, 0.3) is 10.4 Å². The molecule has 3 rings (SSSR count). The van der Waals surface area contributed by atoms with Gasteiger partial charge in [-0.3, -0.25) is 0 Å². The van der Waals surface area contributed by atoms with E-state index in [1.165, 1.54) is 7.05 Å². The topological polar surface area (TPSA) is 64.6 Å². The van der Waals surface area contributed by atoms with Gasteiger partial charge in [-0.05, 0) is 75.2 Å². The van der Waals surface area contributed by atoms with Gasteiger partial charge in [0.05, 0.1) is 5.56 Å². The van der Waals surface area contributed by atoms with Crippen LogP contribution in [0.3, 0.4) is 0 Å². The van der Waals surface area contributed by atoms with Crippen LogP contribution < -0.4 is 10.1 Å². The molecule has 0 spiro atoms. The first-order valence-electron chi connectivity index (χ1n) is 9.48. The molecule has 0 atom stereocenters. The summed E-state index contributed by atoms with van der Waals surface area (Å²) < 4.78 is 11.1. The predicted octanol–water partition coefficient (Wildman–Crippen LogP) is 6.87. The van der Waals surface area contributed by atoms with E-state index in [9.17, 15) is 9.59 Å². The average Bonchev–Trinajstić information content (AvgIpc) is 3.14. The maximum atomic E-state index is 12.2. The fraction of sp³-hybridized carbons (Fsp3) is 0.261. The maximum Gasteiger partial charge on any atom is 0.407 e. The molecule has 164 valence electrons. The van der Waals surface area contributed by atoms with Gasteiger partial charge in [-0.15, -0.1) is 0 Å². The fourth-order valence-corrected chi connectivity index (χ4v) is 4.76. The van der Waals surface area contributed by atoms with Crippen LogP contribution in [0.15, 0.2) is 54.6 Å². The molecule has 0 saturated heterocycles. The molecule has 3 aromatic rings. The van der Waals surface area contributed by atoms with Crippen LogP contribution in [0, 0.1) is 10.7 Å². The second-order valence-corrected chi connectivity index (χ2v) is 10.4. The number of amides is 1. The van der Waals surface area contributed by atoms with E-state index in [2.05, 4.69) is 5.32 Å². The number of benzene rings is 2. The summed E-state index contributed by atoms with van der Waals surface area (Å²) >= 11 is 5.14. The zero-order chi connectivity index (χ0) is 23.0. The quantitative estimate of drug-likeness (QED) is 0.194. The first-order chi connectivity index (χ1) is 14.6. The van der Waals surface area contributed by atoms with Gasteiger partial charge < -0.3 is 14.8 Å². The largest absolute Gasteiger partial charge is 0.444 e. The lowest BCUT2D eigenvalue weighted by molar-refractivity contribution is 0.0541. The van der Waals surface area contributed by atoms with E-state index in [4.69, 9.17) is 21.7 Å². The minimum absolute atomic E-state index is 0.336. The minimum Gasteiger partial charge on any atom is -0.444 e. The first-order valence-corrected chi connectivity index (χ1v) is 12.0. The van der Waals surface area contributed by atoms with Crippen molar-refractivity contribution in [2.24, 2.45) is 0 Å². The Morgan fingerprint density at radius 3 is 2.13 bits per heavy atom. The highest BCUT2D eigenvalue weighted by molar-refractivity contribution is 7.80. The minimum atomic E-state index is -0.389.